The van der Waals surface area contributed by atoms with Gasteiger partial charge in [-0.2, -0.15) is 5.10 Å². The van der Waals surface area contributed by atoms with E-state index >= 15 is 0 Å². The molecule has 0 bridgehead atoms. The lowest BCUT2D eigenvalue weighted by atomic mass is 10.1. The van der Waals surface area contributed by atoms with Crippen LogP contribution in [0, 0.1) is 6.92 Å². The molecule has 1 aliphatic heterocycles. The van der Waals surface area contributed by atoms with Crippen LogP contribution in [0.25, 0.3) is 5.57 Å². The van der Waals surface area contributed by atoms with E-state index in [-0.39, 0.29) is 0 Å². The van der Waals surface area contributed by atoms with Gasteiger partial charge in [-0.25, -0.2) is 0 Å². The minimum Gasteiger partial charge on any atom is -0.289 e. The first-order chi connectivity index (χ1) is 7.09. The fourth-order valence-electron chi connectivity index (χ4n) is 1.61. The van der Waals surface area contributed by atoms with E-state index in [2.05, 4.69) is 5.10 Å². The molecule has 0 saturated heterocycles. The fourth-order valence-corrected chi connectivity index (χ4v) is 1.88. The van der Waals surface area contributed by atoms with Gasteiger partial charge in [0, 0.05) is 18.8 Å². The van der Waals surface area contributed by atoms with Crippen LogP contribution in [0.15, 0.2) is 18.4 Å². The van der Waals surface area contributed by atoms with Crippen molar-refractivity contribution in [3.8, 4) is 0 Å². The molecule has 0 amide bonds. The van der Waals surface area contributed by atoms with Crippen molar-refractivity contribution in [2.24, 2.45) is 7.05 Å². The van der Waals surface area contributed by atoms with E-state index < -0.39 is 0 Å². The van der Waals surface area contributed by atoms with Crippen LogP contribution in [0.4, 0.5) is 0 Å². The number of hydrogen-bond donors (Lipinski definition) is 1. The summed E-state index contributed by atoms with van der Waals surface area (Å²) in [6, 6.07) is 0. The summed E-state index contributed by atoms with van der Waals surface area (Å²) >= 11 is 6.15. The van der Waals surface area contributed by atoms with E-state index in [4.69, 9.17) is 16.8 Å². The molecule has 0 spiro atoms. The zero-order chi connectivity index (χ0) is 11.0. The van der Waals surface area contributed by atoms with Crippen molar-refractivity contribution in [1.82, 2.24) is 14.8 Å². The monoisotopic (exact) mass is 225 g/mol. The lowest BCUT2D eigenvalue weighted by Crippen LogP contribution is -2.14. The van der Waals surface area contributed by atoms with Gasteiger partial charge in [0.25, 0.3) is 0 Å². The van der Waals surface area contributed by atoms with Crippen LogP contribution in [-0.4, -0.2) is 26.6 Å². The minimum absolute atomic E-state index is 0.465. The van der Waals surface area contributed by atoms with Gasteiger partial charge in [-0.3, -0.25) is 15.0 Å². The molecule has 1 aromatic rings. The van der Waals surface area contributed by atoms with Crippen LogP contribution >= 0.6 is 11.6 Å². The Hall–Kier alpha value is -1.26. The van der Waals surface area contributed by atoms with Crippen molar-refractivity contribution in [2.45, 2.75) is 6.92 Å². The number of nitrogens with zero attached hydrogens (tertiary/aromatic N) is 3. The van der Waals surface area contributed by atoms with E-state index in [1.807, 2.05) is 26.1 Å². The highest BCUT2D eigenvalue weighted by molar-refractivity contribution is 6.33. The summed E-state index contributed by atoms with van der Waals surface area (Å²) in [4.78, 5) is 0. The molecule has 0 saturated carbocycles. The second kappa shape index (κ2) is 3.72. The van der Waals surface area contributed by atoms with Crippen molar-refractivity contribution >= 4 is 17.2 Å². The Morgan fingerprint density at radius 3 is 2.73 bits per heavy atom. The van der Waals surface area contributed by atoms with Crippen molar-refractivity contribution in [3.05, 3.63) is 34.8 Å². The lowest BCUT2D eigenvalue weighted by molar-refractivity contribution is -0.0299. The number of aromatic nitrogens is 2. The summed E-state index contributed by atoms with van der Waals surface area (Å²) in [7, 11) is 1.86. The maximum absolute atomic E-state index is 9.16. The van der Waals surface area contributed by atoms with Gasteiger partial charge in [0.2, 0.25) is 0 Å². The number of allylic oxidation sites excluding steroid dienone is 2. The smallest absolute Gasteiger partial charge is 0.0894 e. The first-order valence-electron chi connectivity index (χ1n) is 4.63. The highest BCUT2D eigenvalue weighted by atomic mass is 35.5. The first kappa shape index (κ1) is 10.3. The van der Waals surface area contributed by atoms with Gasteiger partial charge in [0.1, 0.15) is 0 Å². The molecule has 2 rings (SSSR count). The van der Waals surface area contributed by atoms with Gasteiger partial charge in [-0.1, -0.05) is 17.7 Å². The number of hydrogen-bond acceptors (Lipinski definition) is 3. The molecule has 1 N–H and O–H groups in total. The van der Waals surface area contributed by atoms with Crippen LogP contribution in [0.3, 0.4) is 0 Å². The average Bonchev–Trinajstić information content (AvgIpc) is 2.44. The quantitative estimate of drug-likeness (QED) is 0.795. The standard InChI is InChI=1S/C10H12ClN3O/c1-7-9(11)10(13(2)12-7)8-3-5-14(15)6-4-8/h3-5,15H,6H2,1-2H3. The van der Waals surface area contributed by atoms with E-state index in [0.29, 0.717) is 11.6 Å². The third-order valence-corrected chi connectivity index (χ3v) is 2.80. The summed E-state index contributed by atoms with van der Waals surface area (Å²) < 4.78 is 1.75. The molecular formula is C10H12ClN3O. The zero-order valence-corrected chi connectivity index (χ0v) is 9.36. The molecule has 0 aliphatic carbocycles. The second-order valence-electron chi connectivity index (χ2n) is 3.47. The fraction of sp³-hybridized carbons (Fsp3) is 0.300. The van der Waals surface area contributed by atoms with Crippen LogP contribution in [0.1, 0.15) is 11.4 Å². The van der Waals surface area contributed by atoms with Gasteiger partial charge < -0.3 is 0 Å². The Kier molecular flexibility index (Phi) is 2.54. The highest BCUT2D eigenvalue weighted by Gasteiger charge is 2.15. The maximum atomic E-state index is 9.16. The van der Waals surface area contributed by atoms with E-state index in [9.17, 15) is 0 Å². The second-order valence-corrected chi connectivity index (χ2v) is 3.85. The minimum atomic E-state index is 0.465. The molecule has 0 radical (unpaired) electrons. The summed E-state index contributed by atoms with van der Waals surface area (Å²) in [5.74, 6) is 0. The van der Waals surface area contributed by atoms with Crippen molar-refractivity contribution in [2.75, 3.05) is 6.54 Å². The molecule has 5 heteroatoms. The third kappa shape index (κ3) is 1.78. The Balaban J connectivity index is 2.43. The molecule has 4 nitrogen and oxygen atoms in total. The summed E-state index contributed by atoms with van der Waals surface area (Å²) in [6.45, 7) is 2.34. The van der Waals surface area contributed by atoms with Crippen molar-refractivity contribution in [1.29, 1.82) is 0 Å². The van der Waals surface area contributed by atoms with Gasteiger partial charge in [-0.15, -0.1) is 0 Å². The number of hydroxylamine groups is 2. The summed E-state index contributed by atoms with van der Waals surface area (Å²) in [6.07, 6.45) is 5.32. The van der Waals surface area contributed by atoms with Crippen LogP contribution in [0.2, 0.25) is 5.02 Å². The molecule has 0 fully saturated rings. The third-order valence-electron chi connectivity index (χ3n) is 2.35. The molecule has 80 valence electrons. The van der Waals surface area contributed by atoms with Gasteiger partial charge >= 0.3 is 0 Å². The van der Waals surface area contributed by atoms with Crippen molar-refractivity contribution < 1.29 is 5.21 Å². The maximum Gasteiger partial charge on any atom is 0.0894 e. The number of aryl methyl sites for hydroxylation is 2. The SMILES string of the molecule is Cc1nn(C)c(C2=CCN(O)C=C2)c1Cl. The molecule has 0 atom stereocenters. The van der Waals surface area contributed by atoms with E-state index in [1.165, 1.54) is 0 Å². The predicted octanol–water partition coefficient (Wildman–Crippen LogP) is 1.98. The molecule has 15 heavy (non-hydrogen) atoms. The molecule has 1 aliphatic rings. The Labute approximate surface area is 93.0 Å². The number of halogens is 1. The Bertz CT molecular complexity index is 448. The average molecular weight is 226 g/mol. The first-order valence-corrected chi connectivity index (χ1v) is 5.00. The summed E-state index contributed by atoms with van der Waals surface area (Å²) in [5, 5.41) is 15.2. The largest absolute Gasteiger partial charge is 0.289 e. The van der Waals surface area contributed by atoms with Gasteiger partial charge in [0.05, 0.1) is 23.0 Å². The van der Waals surface area contributed by atoms with Crippen molar-refractivity contribution in [3.63, 3.8) is 0 Å². The van der Waals surface area contributed by atoms with Gasteiger partial charge in [-0.05, 0) is 13.0 Å². The zero-order valence-electron chi connectivity index (χ0n) is 8.61. The number of rotatable bonds is 1. The summed E-state index contributed by atoms with van der Waals surface area (Å²) in [5.41, 5.74) is 2.68. The van der Waals surface area contributed by atoms with Crippen LogP contribution in [0.5, 0.6) is 0 Å². The topological polar surface area (TPSA) is 41.3 Å². The normalized spacial score (nSPS) is 15.7. The Morgan fingerprint density at radius 2 is 2.27 bits per heavy atom. The predicted molar refractivity (Wildman–Crippen MR) is 58.6 cm³/mol. The van der Waals surface area contributed by atoms with Crippen LogP contribution < -0.4 is 0 Å². The Morgan fingerprint density at radius 1 is 1.53 bits per heavy atom. The molecule has 2 heterocycles. The molecule has 0 aromatic carbocycles. The highest BCUT2D eigenvalue weighted by Crippen LogP contribution is 2.28. The van der Waals surface area contributed by atoms with Gasteiger partial charge in [0.15, 0.2) is 0 Å². The van der Waals surface area contributed by atoms with E-state index in [1.54, 1.807) is 10.9 Å². The molecular weight excluding hydrogens is 214 g/mol. The molecule has 1 aromatic heterocycles. The van der Waals surface area contributed by atoms with E-state index in [0.717, 1.165) is 22.0 Å². The van der Waals surface area contributed by atoms with Crippen LogP contribution in [-0.2, 0) is 7.05 Å². The molecule has 0 unspecified atom stereocenters. The lowest BCUT2D eigenvalue weighted by Gasteiger charge is -2.15.